The molecule has 0 spiro atoms. The summed E-state index contributed by atoms with van der Waals surface area (Å²) in [5.74, 6) is 0. The molecule has 2 nitrogen and oxygen atoms in total. The van der Waals surface area contributed by atoms with Crippen molar-refractivity contribution in [3.8, 4) is 6.07 Å². The van der Waals surface area contributed by atoms with E-state index < -0.39 is 0 Å². The van der Waals surface area contributed by atoms with Gasteiger partial charge in [-0.3, -0.25) is 0 Å². The molecule has 72 valence electrons. The standard InChI is InChI=1S/C12H14N2/c1-3-10(2)14-9-12-7-5-4-6-11(12)8-13/h3-7,10,14H,1,9H2,2H3. The van der Waals surface area contributed by atoms with Gasteiger partial charge < -0.3 is 5.32 Å². The second-order valence-electron chi connectivity index (χ2n) is 3.17. The van der Waals surface area contributed by atoms with Crippen LogP contribution in [0.15, 0.2) is 36.9 Å². The van der Waals surface area contributed by atoms with Gasteiger partial charge in [-0.05, 0) is 18.6 Å². The Hall–Kier alpha value is -1.59. The quantitative estimate of drug-likeness (QED) is 0.732. The predicted octanol–water partition coefficient (Wildman–Crippen LogP) is 2.22. The van der Waals surface area contributed by atoms with E-state index in [-0.39, 0.29) is 6.04 Å². The molecule has 14 heavy (non-hydrogen) atoms. The Morgan fingerprint density at radius 3 is 2.93 bits per heavy atom. The molecule has 0 aliphatic heterocycles. The smallest absolute Gasteiger partial charge is 0.0995 e. The zero-order chi connectivity index (χ0) is 10.4. The lowest BCUT2D eigenvalue weighted by Crippen LogP contribution is -2.23. The van der Waals surface area contributed by atoms with Gasteiger partial charge in [0, 0.05) is 12.6 Å². The summed E-state index contributed by atoms with van der Waals surface area (Å²) in [6.07, 6.45) is 1.84. The van der Waals surface area contributed by atoms with Gasteiger partial charge in [0.05, 0.1) is 11.6 Å². The van der Waals surface area contributed by atoms with Crippen molar-refractivity contribution >= 4 is 0 Å². The maximum atomic E-state index is 8.84. The largest absolute Gasteiger partial charge is 0.307 e. The van der Waals surface area contributed by atoms with Gasteiger partial charge in [-0.1, -0.05) is 24.3 Å². The molecule has 0 amide bonds. The highest BCUT2D eigenvalue weighted by molar-refractivity contribution is 5.37. The molecule has 0 heterocycles. The van der Waals surface area contributed by atoms with E-state index in [0.29, 0.717) is 6.54 Å². The van der Waals surface area contributed by atoms with Crippen molar-refractivity contribution in [3.63, 3.8) is 0 Å². The number of nitriles is 1. The van der Waals surface area contributed by atoms with Crippen LogP contribution in [-0.4, -0.2) is 6.04 Å². The van der Waals surface area contributed by atoms with Gasteiger partial charge in [-0.25, -0.2) is 0 Å². The summed E-state index contributed by atoms with van der Waals surface area (Å²) < 4.78 is 0. The molecule has 0 bridgehead atoms. The van der Waals surface area contributed by atoms with Crippen LogP contribution < -0.4 is 5.32 Å². The summed E-state index contributed by atoms with van der Waals surface area (Å²) in [5, 5.41) is 12.1. The Kier molecular flexibility index (Phi) is 3.90. The van der Waals surface area contributed by atoms with Crippen LogP contribution in [0.2, 0.25) is 0 Å². The summed E-state index contributed by atoms with van der Waals surface area (Å²) in [7, 11) is 0. The number of nitrogens with zero attached hydrogens (tertiary/aromatic N) is 1. The molecule has 0 aliphatic carbocycles. The minimum Gasteiger partial charge on any atom is -0.307 e. The van der Waals surface area contributed by atoms with Gasteiger partial charge in [0.1, 0.15) is 0 Å². The third-order valence-corrected chi connectivity index (χ3v) is 2.11. The van der Waals surface area contributed by atoms with Crippen molar-refractivity contribution in [3.05, 3.63) is 48.0 Å². The Morgan fingerprint density at radius 1 is 1.57 bits per heavy atom. The van der Waals surface area contributed by atoms with Crippen molar-refractivity contribution in [1.82, 2.24) is 5.32 Å². The fraction of sp³-hybridized carbons (Fsp3) is 0.250. The summed E-state index contributed by atoms with van der Waals surface area (Å²) in [6.45, 7) is 6.42. The lowest BCUT2D eigenvalue weighted by atomic mass is 10.1. The average molecular weight is 186 g/mol. The summed E-state index contributed by atoms with van der Waals surface area (Å²) in [6, 6.07) is 10.0. The predicted molar refractivity (Wildman–Crippen MR) is 57.7 cm³/mol. The minimum absolute atomic E-state index is 0.266. The zero-order valence-electron chi connectivity index (χ0n) is 8.33. The van der Waals surface area contributed by atoms with E-state index in [0.717, 1.165) is 11.1 Å². The highest BCUT2D eigenvalue weighted by Gasteiger charge is 2.01. The van der Waals surface area contributed by atoms with Gasteiger partial charge >= 0.3 is 0 Å². The molecule has 1 rings (SSSR count). The molecule has 1 atom stereocenters. The molecule has 2 heteroatoms. The van der Waals surface area contributed by atoms with Crippen LogP contribution in [-0.2, 0) is 6.54 Å². The molecule has 0 fully saturated rings. The molecule has 0 aliphatic rings. The van der Waals surface area contributed by atoms with Crippen molar-refractivity contribution in [1.29, 1.82) is 5.26 Å². The van der Waals surface area contributed by atoms with Crippen molar-refractivity contribution in [2.24, 2.45) is 0 Å². The molecule has 1 unspecified atom stereocenters. The number of nitrogens with one attached hydrogen (secondary N) is 1. The van der Waals surface area contributed by atoms with E-state index in [1.165, 1.54) is 0 Å². The molecule has 0 radical (unpaired) electrons. The highest BCUT2D eigenvalue weighted by Crippen LogP contribution is 2.06. The molecule has 1 aromatic carbocycles. The monoisotopic (exact) mass is 186 g/mol. The first-order valence-corrected chi connectivity index (χ1v) is 4.62. The van der Waals surface area contributed by atoms with E-state index >= 15 is 0 Å². The van der Waals surface area contributed by atoms with Crippen LogP contribution in [0.25, 0.3) is 0 Å². The van der Waals surface area contributed by atoms with Crippen LogP contribution in [0.5, 0.6) is 0 Å². The summed E-state index contributed by atoms with van der Waals surface area (Å²) in [5.41, 5.74) is 1.76. The first-order chi connectivity index (χ1) is 6.77. The SMILES string of the molecule is C=CC(C)NCc1ccccc1C#N. The molecule has 1 aromatic rings. The van der Waals surface area contributed by atoms with Crippen LogP contribution in [0.1, 0.15) is 18.1 Å². The lowest BCUT2D eigenvalue weighted by Gasteiger charge is -2.09. The number of hydrogen-bond acceptors (Lipinski definition) is 2. The van der Waals surface area contributed by atoms with Gasteiger partial charge in [-0.2, -0.15) is 5.26 Å². The van der Waals surface area contributed by atoms with Crippen LogP contribution >= 0.6 is 0 Å². The maximum absolute atomic E-state index is 8.84. The van der Waals surface area contributed by atoms with Gasteiger partial charge in [-0.15, -0.1) is 6.58 Å². The first kappa shape index (κ1) is 10.5. The molecule has 1 N–H and O–H groups in total. The van der Waals surface area contributed by atoms with E-state index in [1.807, 2.05) is 37.3 Å². The zero-order valence-corrected chi connectivity index (χ0v) is 8.33. The third kappa shape index (κ3) is 2.72. The van der Waals surface area contributed by atoms with Gasteiger partial charge in [0.15, 0.2) is 0 Å². The Bertz CT molecular complexity index is 350. The van der Waals surface area contributed by atoms with Gasteiger partial charge in [0.2, 0.25) is 0 Å². The minimum atomic E-state index is 0.266. The molecule has 0 saturated carbocycles. The van der Waals surface area contributed by atoms with E-state index in [9.17, 15) is 0 Å². The molecular formula is C12H14N2. The summed E-state index contributed by atoms with van der Waals surface area (Å²) >= 11 is 0. The molecule has 0 saturated heterocycles. The number of benzene rings is 1. The Labute approximate surface area is 84.9 Å². The average Bonchev–Trinajstić information content (AvgIpc) is 2.26. The topological polar surface area (TPSA) is 35.8 Å². The fourth-order valence-electron chi connectivity index (χ4n) is 1.14. The fourth-order valence-corrected chi connectivity index (χ4v) is 1.14. The van der Waals surface area contributed by atoms with Crippen LogP contribution in [0.3, 0.4) is 0 Å². The second kappa shape index (κ2) is 5.21. The second-order valence-corrected chi connectivity index (χ2v) is 3.17. The Morgan fingerprint density at radius 2 is 2.29 bits per heavy atom. The Balaban J connectivity index is 2.67. The molecule has 0 aromatic heterocycles. The van der Waals surface area contributed by atoms with E-state index in [2.05, 4.69) is 18.0 Å². The van der Waals surface area contributed by atoms with E-state index in [1.54, 1.807) is 0 Å². The first-order valence-electron chi connectivity index (χ1n) is 4.62. The third-order valence-electron chi connectivity index (χ3n) is 2.11. The number of hydrogen-bond donors (Lipinski definition) is 1. The van der Waals surface area contributed by atoms with Crippen molar-refractivity contribution in [2.45, 2.75) is 19.5 Å². The normalized spacial score (nSPS) is 11.7. The van der Waals surface area contributed by atoms with Crippen LogP contribution in [0, 0.1) is 11.3 Å². The highest BCUT2D eigenvalue weighted by atomic mass is 14.9. The molecular weight excluding hydrogens is 172 g/mol. The van der Waals surface area contributed by atoms with Gasteiger partial charge in [0.25, 0.3) is 0 Å². The van der Waals surface area contributed by atoms with E-state index in [4.69, 9.17) is 5.26 Å². The summed E-state index contributed by atoms with van der Waals surface area (Å²) in [4.78, 5) is 0. The number of rotatable bonds is 4. The maximum Gasteiger partial charge on any atom is 0.0995 e. The van der Waals surface area contributed by atoms with Crippen LogP contribution in [0.4, 0.5) is 0 Å². The van der Waals surface area contributed by atoms with Crippen molar-refractivity contribution < 1.29 is 0 Å². The van der Waals surface area contributed by atoms with Crippen molar-refractivity contribution in [2.75, 3.05) is 0 Å². The lowest BCUT2D eigenvalue weighted by molar-refractivity contribution is 0.633.